The largest absolute Gasteiger partial charge is 0.481 e. The molecule has 0 atom stereocenters. The fourth-order valence-electron chi connectivity index (χ4n) is 2.31. The lowest BCUT2D eigenvalue weighted by molar-refractivity contribution is -0.154. The van der Waals surface area contributed by atoms with E-state index in [4.69, 9.17) is 4.74 Å². The van der Waals surface area contributed by atoms with Crippen molar-refractivity contribution in [2.45, 2.75) is 19.8 Å². The van der Waals surface area contributed by atoms with Gasteiger partial charge < -0.3 is 15.2 Å². The number of nitrogens with one attached hydrogen (secondary N) is 1. The first-order valence-electron chi connectivity index (χ1n) is 6.80. The minimum absolute atomic E-state index is 0.0139. The molecule has 1 fully saturated rings. The molecular formula is C15H18FNO4. The number of amides is 1. The van der Waals surface area contributed by atoms with E-state index in [0.717, 1.165) is 6.07 Å². The highest BCUT2D eigenvalue weighted by Crippen LogP contribution is 2.30. The molecule has 5 nitrogen and oxygen atoms in total. The molecule has 0 spiro atoms. The highest BCUT2D eigenvalue weighted by atomic mass is 19.1. The predicted octanol–water partition coefficient (Wildman–Crippen LogP) is 1.75. The zero-order valence-electron chi connectivity index (χ0n) is 11.8. The quantitative estimate of drug-likeness (QED) is 0.887. The summed E-state index contributed by atoms with van der Waals surface area (Å²) in [4.78, 5) is 23.5. The lowest BCUT2D eigenvalue weighted by Gasteiger charge is -2.33. The highest BCUT2D eigenvalue weighted by Gasteiger charge is 2.40. The monoisotopic (exact) mass is 295 g/mol. The molecule has 1 aliphatic heterocycles. The van der Waals surface area contributed by atoms with Crippen LogP contribution in [0.3, 0.4) is 0 Å². The smallest absolute Gasteiger partial charge is 0.311 e. The number of aryl methyl sites for hydroxylation is 1. The van der Waals surface area contributed by atoms with Crippen LogP contribution in [-0.4, -0.2) is 36.7 Å². The van der Waals surface area contributed by atoms with Crippen LogP contribution >= 0.6 is 0 Å². The first kappa shape index (κ1) is 15.4. The summed E-state index contributed by atoms with van der Waals surface area (Å²) in [6.07, 6.45) is 0.704. The summed E-state index contributed by atoms with van der Waals surface area (Å²) < 4.78 is 18.6. The summed E-state index contributed by atoms with van der Waals surface area (Å²) in [5.41, 5.74) is -0.361. The number of ether oxygens (including phenoxy) is 1. The van der Waals surface area contributed by atoms with Crippen LogP contribution in [0.1, 0.15) is 28.8 Å². The molecule has 1 aromatic rings. The predicted molar refractivity (Wildman–Crippen MR) is 73.6 cm³/mol. The summed E-state index contributed by atoms with van der Waals surface area (Å²) in [6.45, 7) is 2.35. The van der Waals surface area contributed by atoms with Gasteiger partial charge in [-0.05, 0) is 37.5 Å². The molecule has 2 N–H and O–H groups in total. The maximum Gasteiger partial charge on any atom is 0.311 e. The molecule has 1 heterocycles. The number of carboxylic acid groups (broad SMARTS) is 1. The molecule has 1 amide bonds. The van der Waals surface area contributed by atoms with Crippen molar-refractivity contribution in [2.24, 2.45) is 5.41 Å². The van der Waals surface area contributed by atoms with E-state index in [2.05, 4.69) is 5.32 Å². The zero-order valence-corrected chi connectivity index (χ0v) is 11.8. The van der Waals surface area contributed by atoms with Gasteiger partial charge in [0.1, 0.15) is 5.82 Å². The first-order chi connectivity index (χ1) is 9.94. The number of benzene rings is 1. The van der Waals surface area contributed by atoms with Gasteiger partial charge in [-0.15, -0.1) is 0 Å². The number of aliphatic carboxylic acids is 1. The Balaban J connectivity index is 2.05. The Bertz CT molecular complexity index is 553. The minimum atomic E-state index is -1.00. The minimum Gasteiger partial charge on any atom is -0.481 e. The summed E-state index contributed by atoms with van der Waals surface area (Å²) >= 11 is 0. The molecule has 114 valence electrons. The normalized spacial score (nSPS) is 17.2. The number of carbonyl (C=O) groups is 2. The summed E-state index contributed by atoms with van der Waals surface area (Å²) in [7, 11) is 0. The molecule has 2 rings (SSSR count). The molecule has 0 aliphatic carbocycles. The van der Waals surface area contributed by atoms with E-state index in [0.29, 0.717) is 31.6 Å². The molecule has 0 bridgehead atoms. The Morgan fingerprint density at radius 3 is 2.62 bits per heavy atom. The zero-order chi connectivity index (χ0) is 15.5. The molecule has 0 saturated carbocycles. The van der Waals surface area contributed by atoms with E-state index in [-0.39, 0.29) is 12.1 Å². The van der Waals surface area contributed by atoms with Crippen molar-refractivity contribution < 1.29 is 23.8 Å². The van der Waals surface area contributed by atoms with Gasteiger partial charge in [0.25, 0.3) is 5.91 Å². The van der Waals surface area contributed by atoms with Crippen molar-refractivity contribution in [3.8, 4) is 0 Å². The number of carbonyl (C=O) groups excluding carboxylic acids is 1. The van der Waals surface area contributed by atoms with Crippen LogP contribution in [-0.2, 0) is 9.53 Å². The van der Waals surface area contributed by atoms with E-state index in [9.17, 15) is 19.1 Å². The van der Waals surface area contributed by atoms with Crippen LogP contribution in [0.15, 0.2) is 18.2 Å². The number of hydrogen-bond acceptors (Lipinski definition) is 3. The molecule has 1 aliphatic rings. The van der Waals surface area contributed by atoms with Crippen LogP contribution in [0.5, 0.6) is 0 Å². The topological polar surface area (TPSA) is 75.6 Å². The summed E-state index contributed by atoms with van der Waals surface area (Å²) in [5.74, 6) is -1.87. The van der Waals surface area contributed by atoms with E-state index in [1.165, 1.54) is 12.1 Å². The van der Waals surface area contributed by atoms with Crippen LogP contribution in [0, 0.1) is 18.2 Å². The molecule has 0 radical (unpaired) electrons. The molecular weight excluding hydrogens is 277 g/mol. The van der Waals surface area contributed by atoms with Crippen LogP contribution in [0.2, 0.25) is 0 Å². The number of hydrogen-bond donors (Lipinski definition) is 2. The van der Waals surface area contributed by atoms with Gasteiger partial charge in [-0.1, -0.05) is 6.07 Å². The van der Waals surface area contributed by atoms with Gasteiger partial charge in [0.15, 0.2) is 0 Å². The third-order valence-corrected chi connectivity index (χ3v) is 3.92. The number of rotatable bonds is 4. The SMILES string of the molecule is Cc1ccc(C(=O)NCC2(C(=O)O)CCOCC2)cc1F. The first-order valence-corrected chi connectivity index (χ1v) is 6.80. The highest BCUT2D eigenvalue weighted by molar-refractivity contribution is 5.94. The van der Waals surface area contributed by atoms with Crippen molar-refractivity contribution >= 4 is 11.9 Å². The third-order valence-electron chi connectivity index (χ3n) is 3.92. The van der Waals surface area contributed by atoms with E-state index in [1.807, 2.05) is 0 Å². The van der Waals surface area contributed by atoms with Gasteiger partial charge in [-0.2, -0.15) is 0 Å². The van der Waals surface area contributed by atoms with Crippen molar-refractivity contribution in [1.82, 2.24) is 5.32 Å². The van der Waals surface area contributed by atoms with E-state index >= 15 is 0 Å². The third kappa shape index (κ3) is 3.39. The molecule has 21 heavy (non-hydrogen) atoms. The van der Waals surface area contributed by atoms with Crippen molar-refractivity contribution in [1.29, 1.82) is 0 Å². The molecule has 1 aromatic carbocycles. The molecule has 0 aromatic heterocycles. The standard InChI is InChI=1S/C15H18FNO4/c1-10-2-3-11(8-12(10)16)13(18)17-9-15(14(19)20)4-6-21-7-5-15/h2-3,8H,4-7,9H2,1H3,(H,17,18)(H,19,20). The Kier molecular flexibility index (Phi) is 4.57. The summed E-state index contributed by atoms with van der Waals surface area (Å²) in [6, 6.07) is 4.19. The molecule has 1 saturated heterocycles. The fraction of sp³-hybridized carbons (Fsp3) is 0.467. The second kappa shape index (κ2) is 6.22. The van der Waals surface area contributed by atoms with Gasteiger partial charge in [-0.25, -0.2) is 4.39 Å². The van der Waals surface area contributed by atoms with Gasteiger partial charge in [0.05, 0.1) is 5.41 Å². The van der Waals surface area contributed by atoms with Crippen LogP contribution in [0.25, 0.3) is 0 Å². The van der Waals surface area contributed by atoms with Crippen LogP contribution in [0.4, 0.5) is 4.39 Å². The Morgan fingerprint density at radius 2 is 2.05 bits per heavy atom. The fourth-order valence-corrected chi connectivity index (χ4v) is 2.31. The molecule has 6 heteroatoms. The van der Waals surface area contributed by atoms with Gasteiger partial charge in [-0.3, -0.25) is 9.59 Å². The lowest BCUT2D eigenvalue weighted by atomic mass is 9.80. The van der Waals surface area contributed by atoms with Crippen LogP contribution < -0.4 is 5.32 Å². The average molecular weight is 295 g/mol. The van der Waals surface area contributed by atoms with E-state index < -0.39 is 23.1 Å². The van der Waals surface area contributed by atoms with Gasteiger partial charge >= 0.3 is 5.97 Å². The number of halogens is 1. The molecule has 0 unspecified atom stereocenters. The van der Waals surface area contributed by atoms with Crippen molar-refractivity contribution in [3.63, 3.8) is 0 Å². The Labute approximate surface area is 122 Å². The second-order valence-corrected chi connectivity index (χ2v) is 5.34. The van der Waals surface area contributed by atoms with Crippen molar-refractivity contribution in [3.05, 3.63) is 35.1 Å². The summed E-state index contributed by atoms with van der Waals surface area (Å²) in [5, 5.41) is 12.0. The second-order valence-electron chi connectivity index (χ2n) is 5.34. The number of carboxylic acids is 1. The Hall–Kier alpha value is -1.95. The van der Waals surface area contributed by atoms with Gasteiger partial charge in [0, 0.05) is 25.3 Å². The average Bonchev–Trinajstić information content (AvgIpc) is 2.48. The van der Waals surface area contributed by atoms with Gasteiger partial charge in [0.2, 0.25) is 0 Å². The lowest BCUT2D eigenvalue weighted by Crippen LogP contribution is -2.46. The maximum absolute atomic E-state index is 13.4. The van der Waals surface area contributed by atoms with Crippen molar-refractivity contribution in [2.75, 3.05) is 19.8 Å². The Morgan fingerprint density at radius 1 is 1.38 bits per heavy atom. The van der Waals surface area contributed by atoms with E-state index in [1.54, 1.807) is 6.92 Å². The maximum atomic E-state index is 13.4.